The van der Waals surface area contributed by atoms with E-state index in [1.165, 1.54) is 17.5 Å². The number of benzene rings is 2. The molecule has 5 nitrogen and oxygen atoms in total. The monoisotopic (exact) mass is 466 g/mol. The molecule has 0 unspecified atom stereocenters. The summed E-state index contributed by atoms with van der Waals surface area (Å²) in [6.07, 6.45) is 3.22. The second-order valence-corrected chi connectivity index (χ2v) is 8.14. The third-order valence-electron chi connectivity index (χ3n) is 5.34. The molecule has 0 saturated carbocycles. The molecule has 0 fully saturated rings. The lowest BCUT2D eigenvalue weighted by atomic mass is 10.1. The van der Waals surface area contributed by atoms with Crippen molar-refractivity contribution >= 4 is 37.6 Å². The number of hydrogen-bond acceptors (Lipinski definition) is 4. The van der Waals surface area contributed by atoms with Gasteiger partial charge in [-0.1, -0.05) is 18.2 Å². The van der Waals surface area contributed by atoms with Gasteiger partial charge in [0, 0.05) is 21.7 Å². The van der Waals surface area contributed by atoms with Crippen molar-refractivity contribution in [2.75, 3.05) is 11.5 Å². The minimum atomic E-state index is -0.0102. The number of hydrogen-bond donors (Lipinski definition) is 0. The van der Waals surface area contributed by atoms with E-state index in [9.17, 15) is 4.79 Å². The zero-order chi connectivity index (χ0) is 21.3. The molecule has 1 aliphatic rings. The first-order valence-electron chi connectivity index (χ1n) is 9.89. The van der Waals surface area contributed by atoms with E-state index >= 15 is 0 Å². The first kappa shape index (κ1) is 20.4. The Kier molecular flexibility index (Phi) is 5.77. The molecule has 4 rings (SSSR count). The van der Waals surface area contributed by atoms with Gasteiger partial charge in [-0.3, -0.25) is 4.79 Å². The zero-order valence-electron chi connectivity index (χ0n) is 17.2. The Hall–Kier alpha value is -2.86. The van der Waals surface area contributed by atoms with Crippen LogP contribution in [0.4, 0.5) is 5.69 Å². The molecule has 1 amide bonds. The lowest BCUT2D eigenvalue weighted by molar-refractivity contribution is -0.117. The Morgan fingerprint density at radius 3 is 2.70 bits per heavy atom. The van der Waals surface area contributed by atoms with Gasteiger partial charge in [0.2, 0.25) is 5.91 Å². The van der Waals surface area contributed by atoms with E-state index < -0.39 is 0 Å². The molecule has 0 radical (unpaired) electrons. The van der Waals surface area contributed by atoms with Crippen LogP contribution in [0, 0.1) is 13.8 Å². The number of aromatic nitrogens is 1. The van der Waals surface area contributed by atoms with E-state index in [1.807, 2.05) is 30.0 Å². The largest absolute Gasteiger partial charge is 0.494 e. The van der Waals surface area contributed by atoms with E-state index in [-0.39, 0.29) is 12.3 Å². The van der Waals surface area contributed by atoms with Crippen LogP contribution in [0.1, 0.15) is 41.4 Å². The number of halogens is 1. The SMILES string of the molecule is CCOc1ccc2c(c1)N(Cc1ccc(C)c(C)c1)C(=O)CC(c1cnco1)=C2Br. The molecule has 1 aliphatic heterocycles. The smallest absolute Gasteiger partial charge is 0.231 e. The van der Waals surface area contributed by atoms with E-state index in [0.717, 1.165) is 32.6 Å². The number of fused-ring (bicyclic) bond motifs is 1. The first-order chi connectivity index (χ1) is 14.5. The number of rotatable bonds is 5. The second kappa shape index (κ2) is 8.48. The van der Waals surface area contributed by atoms with Crippen molar-refractivity contribution < 1.29 is 13.9 Å². The van der Waals surface area contributed by atoms with Crippen LogP contribution in [0.25, 0.3) is 10.1 Å². The van der Waals surface area contributed by atoms with Crippen molar-refractivity contribution in [3.05, 3.63) is 77.0 Å². The molecular formula is C24H23BrN2O3. The van der Waals surface area contributed by atoms with Gasteiger partial charge in [-0.15, -0.1) is 0 Å². The van der Waals surface area contributed by atoms with E-state index in [2.05, 4.69) is 53.0 Å². The number of amides is 1. The number of aryl methyl sites for hydroxylation is 2. The Bertz CT molecular complexity index is 1120. The highest BCUT2D eigenvalue weighted by molar-refractivity contribution is 9.15. The van der Waals surface area contributed by atoms with Crippen molar-refractivity contribution in [2.24, 2.45) is 0 Å². The summed E-state index contributed by atoms with van der Waals surface area (Å²) >= 11 is 3.72. The summed E-state index contributed by atoms with van der Waals surface area (Å²) in [5.41, 5.74) is 6.03. The molecule has 0 bridgehead atoms. The molecule has 0 spiro atoms. The highest BCUT2D eigenvalue weighted by Gasteiger charge is 2.29. The highest BCUT2D eigenvalue weighted by atomic mass is 79.9. The molecule has 1 aromatic heterocycles. The average molecular weight is 467 g/mol. The number of ether oxygens (including phenoxy) is 1. The molecule has 6 heteroatoms. The summed E-state index contributed by atoms with van der Waals surface area (Å²) in [6, 6.07) is 12.1. The summed E-state index contributed by atoms with van der Waals surface area (Å²) in [4.78, 5) is 19.3. The molecule has 2 aromatic carbocycles. The van der Waals surface area contributed by atoms with Crippen LogP contribution in [0.2, 0.25) is 0 Å². The van der Waals surface area contributed by atoms with Gasteiger partial charge in [0.1, 0.15) is 5.75 Å². The number of nitrogens with zero attached hydrogens (tertiary/aromatic N) is 2. The molecule has 0 N–H and O–H groups in total. The predicted molar refractivity (Wildman–Crippen MR) is 122 cm³/mol. The maximum atomic E-state index is 13.4. The molecule has 3 aromatic rings. The molecule has 0 saturated heterocycles. The Labute approximate surface area is 184 Å². The topological polar surface area (TPSA) is 55.6 Å². The Morgan fingerprint density at radius 2 is 2.00 bits per heavy atom. The van der Waals surface area contributed by atoms with Crippen LogP contribution in [-0.4, -0.2) is 17.5 Å². The van der Waals surface area contributed by atoms with Crippen molar-refractivity contribution in [2.45, 2.75) is 33.7 Å². The quantitative estimate of drug-likeness (QED) is 0.470. The van der Waals surface area contributed by atoms with Gasteiger partial charge in [0.05, 0.1) is 31.5 Å². The van der Waals surface area contributed by atoms with Crippen molar-refractivity contribution in [1.82, 2.24) is 4.98 Å². The number of oxazole rings is 1. The lowest BCUT2D eigenvalue weighted by Crippen LogP contribution is -2.30. The normalized spacial score (nSPS) is 14.0. The second-order valence-electron chi connectivity index (χ2n) is 7.35. The summed E-state index contributed by atoms with van der Waals surface area (Å²) in [5.74, 6) is 1.31. The fourth-order valence-corrected chi connectivity index (χ4v) is 4.29. The summed E-state index contributed by atoms with van der Waals surface area (Å²) in [7, 11) is 0. The van der Waals surface area contributed by atoms with Crippen LogP contribution in [0.15, 0.2) is 53.4 Å². The fourth-order valence-electron chi connectivity index (χ4n) is 3.62. The van der Waals surface area contributed by atoms with Crippen LogP contribution >= 0.6 is 15.9 Å². The molecular weight excluding hydrogens is 444 g/mol. The zero-order valence-corrected chi connectivity index (χ0v) is 18.8. The van der Waals surface area contributed by atoms with Crippen molar-refractivity contribution in [1.29, 1.82) is 0 Å². The van der Waals surface area contributed by atoms with Gasteiger partial charge in [0.25, 0.3) is 0 Å². The Balaban J connectivity index is 1.82. The minimum absolute atomic E-state index is 0.0102. The molecule has 0 atom stereocenters. The van der Waals surface area contributed by atoms with Crippen molar-refractivity contribution in [3.8, 4) is 5.75 Å². The molecule has 2 heterocycles. The van der Waals surface area contributed by atoms with Gasteiger partial charge in [-0.2, -0.15) is 0 Å². The average Bonchev–Trinajstić information content (AvgIpc) is 3.24. The molecule has 0 aliphatic carbocycles. The first-order valence-corrected chi connectivity index (χ1v) is 10.7. The molecule has 30 heavy (non-hydrogen) atoms. The Morgan fingerprint density at radius 1 is 1.17 bits per heavy atom. The van der Waals surface area contributed by atoms with Crippen LogP contribution in [0.5, 0.6) is 5.75 Å². The minimum Gasteiger partial charge on any atom is -0.494 e. The number of carbonyl (C=O) groups is 1. The van der Waals surface area contributed by atoms with Crippen molar-refractivity contribution in [3.63, 3.8) is 0 Å². The number of anilines is 1. The van der Waals surface area contributed by atoms with E-state index in [4.69, 9.17) is 9.15 Å². The van der Waals surface area contributed by atoms with Gasteiger partial charge >= 0.3 is 0 Å². The van der Waals surface area contributed by atoms with Gasteiger partial charge in [-0.25, -0.2) is 4.98 Å². The standard InChI is InChI=1S/C24H23BrN2O3/c1-4-29-18-7-8-19-21(10-18)27(13-17-6-5-15(2)16(3)9-17)23(28)11-20(24(19)25)22-12-26-14-30-22/h5-10,12,14H,4,11,13H2,1-3H3. The summed E-state index contributed by atoms with van der Waals surface area (Å²) in [6.45, 7) is 7.16. The van der Waals surface area contributed by atoms with Crippen LogP contribution < -0.4 is 9.64 Å². The maximum absolute atomic E-state index is 13.4. The summed E-state index contributed by atoms with van der Waals surface area (Å²) in [5, 5.41) is 0. The van der Waals surface area contributed by atoms with Crippen LogP contribution in [0.3, 0.4) is 0 Å². The van der Waals surface area contributed by atoms with Gasteiger partial charge < -0.3 is 14.1 Å². The third-order valence-corrected chi connectivity index (χ3v) is 6.25. The van der Waals surface area contributed by atoms with E-state index in [1.54, 1.807) is 6.20 Å². The number of carbonyl (C=O) groups excluding carboxylic acids is 1. The van der Waals surface area contributed by atoms with E-state index in [0.29, 0.717) is 18.9 Å². The van der Waals surface area contributed by atoms with Gasteiger partial charge in [0.15, 0.2) is 12.2 Å². The summed E-state index contributed by atoms with van der Waals surface area (Å²) < 4.78 is 12.1. The van der Waals surface area contributed by atoms with Gasteiger partial charge in [-0.05, 0) is 65.5 Å². The highest BCUT2D eigenvalue weighted by Crippen LogP contribution is 2.43. The fraction of sp³-hybridized carbons (Fsp3) is 0.250. The third kappa shape index (κ3) is 3.92. The van der Waals surface area contributed by atoms with Crippen LogP contribution in [-0.2, 0) is 11.3 Å². The molecule has 154 valence electrons. The predicted octanol–water partition coefficient (Wildman–Crippen LogP) is 5.89. The lowest BCUT2D eigenvalue weighted by Gasteiger charge is -2.24. The maximum Gasteiger partial charge on any atom is 0.231 e.